The second kappa shape index (κ2) is 7.48. The molecule has 0 radical (unpaired) electrons. The molecule has 5 rings (SSSR count). The summed E-state index contributed by atoms with van der Waals surface area (Å²) in [6, 6.07) is 15.5. The first-order chi connectivity index (χ1) is 14.2. The second-order valence-electron chi connectivity index (χ2n) is 7.44. The van der Waals surface area contributed by atoms with E-state index in [2.05, 4.69) is 6.07 Å². The van der Waals surface area contributed by atoms with Gasteiger partial charge in [0.1, 0.15) is 0 Å². The number of hydrogen-bond donors (Lipinski definition) is 0. The number of amides is 1. The molecule has 0 bridgehead atoms. The third kappa shape index (κ3) is 3.46. The van der Waals surface area contributed by atoms with E-state index in [1.54, 1.807) is 22.0 Å². The maximum atomic E-state index is 12.9. The molecule has 0 aliphatic carbocycles. The Labute approximate surface area is 171 Å². The number of hydrogen-bond acceptors (Lipinski definition) is 5. The van der Waals surface area contributed by atoms with Gasteiger partial charge in [0.05, 0.1) is 20.7 Å². The van der Waals surface area contributed by atoms with Crippen LogP contribution in [0.4, 0.5) is 0 Å². The number of fused-ring (bicyclic) bond motifs is 2. The summed E-state index contributed by atoms with van der Waals surface area (Å²) in [5, 5.41) is 1.11. The summed E-state index contributed by atoms with van der Waals surface area (Å²) in [5.74, 6) is -0.0550. The molecular weight excluding hydrogens is 386 g/mol. The summed E-state index contributed by atoms with van der Waals surface area (Å²) >= 11 is 1.73. The molecule has 1 fully saturated rings. The summed E-state index contributed by atoms with van der Waals surface area (Å²) in [6.07, 6.45) is 2.31. The monoisotopic (exact) mass is 407 g/mol. The number of aryl methyl sites for hydroxylation is 1. The highest BCUT2D eigenvalue weighted by Gasteiger charge is 2.27. The predicted molar refractivity (Wildman–Crippen MR) is 113 cm³/mol. The average molecular weight is 407 g/mol. The average Bonchev–Trinajstić information content (AvgIpc) is 3.32. The molecule has 2 aromatic carbocycles. The zero-order valence-electron chi connectivity index (χ0n) is 15.9. The Bertz CT molecular complexity index is 1210. The van der Waals surface area contributed by atoms with Gasteiger partial charge in [-0.3, -0.25) is 9.36 Å². The fourth-order valence-corrected chi connectivity index (χ4v) is 5.15. The van der Waals surface area contributed by atoms with Gasteiger partial charge in [-0.15, -0.1) is 11.3 Å². The quantitative estimate of drug-likeness (QED) is 0.513. The van der Waals surface area contributed by atoms with Crippen LogP contribution in [0.1, 0.15) is 30.2 Å². The van der Waals surface area contributed by atoms with Crippen molar-refractivity contribution >= 4 is 38.6 Å². The minimum atomic E-state index is -0.412. The topological polar surface area (TPSA) is 68.3 Å². The Hall–Kier alpha value is -2.93. The number of carbonyl (C=O) groups is 1. The van der Waals surface area contributed by atoms with Gasteiger partial charge in [-0.1, -0.05) is 24.3 Å². The van der Waals surface area contributed by atoms with E-state index in [9.17, 15) is 9.59 Å². The van der Waals surface area contributed by atoms with Crippen LogP contribution in [-0.4, -0.2) is 33.4 Å². The zero-order chi connectivity index (χ0) is 19.8. The maximum Gasteiger partial charge on any atom is 0.419 e. The van der Waals surface area contributed by atoms with E-state index in [1.165, 1.54) is 4.70 Å². The van der Waals surface area contributed by atoms with E-state index in [4.69, 9.17) is 9.40 Å². The van der Waals surface area contributed by atoms with Crippen molar-refractivity contribution in [1.82, 2.24) is 14.5 Å². The van der Waals surface area contributed by atoms with Crippen molar-refractivity contribution in [2.45, 2.75) is 31.7 Å². The zero-order valence-corrected chi connectivity index (χ0v) is 16.7. The summed E-state index contributed by atoms with van der Waals surface area (Å²) < 4.78 is 7.99. The molecule has 4 aromatic rings. The number of likely N-dealkylation sites (tertiary alicyclic amines) is 1. The van der Waals surface area contributed by atoms with Gasteiger partial charge < -0.3 is 9.32 Å². The lowest BCUT2D eigenvalue weighted by Crippen LogP contribution is -2.39. The summed E-state index contributed by atoms with van der Waals surface area (Å²) in [4.78, 5) is 31.7. The van der Waals surface area contributed by atoms with Gasteiger partial charge in [-0.05, 0) is 37.1 Å². The SMILES string of the molecule is O=C(CCn1c(=O)oc2ccccc21)N1CCC[C@@H](c2nc3ccccc3s2)C1. The first-order valence-electron chi connectivity index (χ1n) is 9.90. The number of carbonyl (C=O) groups excluding carboxylic acids is 1. The number of oxazole rings is 1. The lowest BCUT2D eigenvalue weighted by Gasteiger charge is -2.32. The molecule has 1 saturated heterocycles. The summed E-state index contributed by atoms with van der Waals surface area (Å²) in [6.45, 7) is 1.79. The molecule has 7 heteroatoms. The van der Waals surface area contributed by atoms with Crippen LogP contribution < -0.4 is 5.76 Å². The van der Waals surface area contributed by atoms with Crippen LogP contribution in [0, 0.1) is 0 Å². The molecule has 0 spiro atoms. The predicted octanol–water partition coefficient (Wildman–Crippen LogP) is 4.00. The molecule has 0 N–H and O–H groups in total. The molecule has 0 saturated carbocycles. The Kier molecular flexibility index (Phi) is 4.67. The van der Waals surface area contributed by atoms with E-state index in [0.29, 0.717) is 18.7 Å². The van der Waals surface area contributed by atoms with Crippen LogP contribution in [-0.2, 0) is 11.3 Å². The number of nitrogens with zero attached hydrogens (tertiary/aromatic N) is 3. The van der Waals surface area contributed by atoms with Crippen molar-refractivity contribution in [2.75, 3.05) is 13.1 Å². The van der Waals surface area contributed by atoms with Gasteiger partial charge in [0.2, 0.25) is 5.91 Å². The summed E-state index contributed by atoms with van der Waals surface area (Å²) in [5.41, 5.74) is 2.32. The molecule has 29 heavy (non-hydrogen) atoms. The number of rotatable bonds is 4. The molecule has 1 atom stereocenters. The highest BCUT2D eigenvalue weighted by molar-refractivity contribution is 7.18. The Morgan fingerprint density at radius 3 is 2.90 bits per heavy atom. The Morgan fingerprint density at radius 1 is 1.17 bits per heavy atom. The molecule has 0 unspecified atom stereocenters. The second-order valence-corrected chi connectivity index (χ2v) is 8.50. The number of thiazole rings is 1. The van der Waals surface area contributed by atoms with Gasteiger partial charge in [-0.25, -0.2) is 9.78 Å². The fraction of sp³-hybridized carbons (Fsp3) is 0.318. The summed E-state index contributed by atoms with van der Waals surface area (Å²) in [7, 11) is 0. The highest BCUT2D eigenvalue weighted by Crippen LogP contribution is 2.33. The van der Waals surface area contributed by atoms with Gasteiger partial charge in [0.25, 0.3) is 0 Å². The normalized spacial score (nSPS) is 17.2. The van der Waals surface area contributed by atoms with Crippen LogP contribution in [0.2, 0.25) is 0 Å². The van der Waals surface area contributed by atoms with Gasteiger partial charge in [0.15, 0.2) is 5.58 Å². The first-order valence-corrected chi connectivity index (χ1v) is 10.7. The highest BCUT2D eigenvalue weighted by atomic mass is 32.1. The largest absolute Gasteiger partial charge is 0.419 e. The lowest BCUT2D eigenvalue weighted by molar-refractivity contribution is -0.132. The number of benzene rings is 2. The molecule has 148 valence electrons. The van der Waals surface area contributed by atoms with Gasteiger partial charge >= 0.3 is 5.76 Å². The van der Waals surface area contributed by atoms with Crippen molar-refractivity contribution in [3.05, 3.63) is 64.1 Å². The molecule has 1 amide bonds. The van der Waals surface area contributed by atoms with E-state index in [-0.39, 0.29) is 18.2 Å². The molecule has 3 heterocycles. The Balaban J connectivity index is 1.28. The number of piperidine rings is 1. The van der Waals surface area contributed by atoms with Crippen molar-refractivity contribution in [2.24, 2.45) is 0 Å². The van der Waals surface area contributed by atoms with Crippen LogP contribution in [0.3, 0.4) is 0 Å². The first kappa shape index (κ1) is 18.1. The maximum absolute atomic E-state index is 12.9. The standard InChI is InChI=1S/C22H21N3O3S/c26-20(11-13-25-17-8-2-3-9-18(17)28-22(25)27)24-12-5-6-15(14-24)21-23-16-7-1-4-10-19(16)29-21/h1-4,7-10,15H,5-6,11-14H2/t15-/m1/s1. The minimum Gasteiger partial charge on any atom is -0.408 e. The third-order valence-electron chi connectivity index (χ3n) is 5.56. The van der Waals surface area contributed by atoms with Crippen molar-refractivity contribution in [3.63, 3.8) is 0 Å². The number of aromatic nitrogens is 2. The molecule has 6 nitrogen and oxygen atoms in total. The van der Waals surface area contributed by atoms with Crippen LogP contribution in [0.15, 0.2) is 57.7 Å². The Morgan fingerprint density at radius 2 is 2.00 bits per heavy atom. The fourth-order valence-electron chi connectivity index (χ4n) is 4.06. The smallest absolute Gasteiger partial charge is 0.408 e. The third-order valence-corrected chi connectivity index (χ3v) is 6.76. The minimum absolute atomic E-state index is 0.0768. The number of para-hydroxylation sites is 3. The molecule has 2 aromatic heterocycles. The lowest BCUT2D eigenvalue weighted by atomic mass is 9.98. The molecular formula is C22H21N3O3S. The van der Waals surface area contributed by atoms with Crippen LogP contribution >= 0.6 is 11.3 Å². The van der Waals surface area contributed by atoms with E-state index < -0.39 is 5.76 Å². The van der Waals surface area contributed by atoms with Crippen molar-refractivity contribution in [1.29, 1.82) is 0 Å². The van der Waals surface area contributed by atoms with Crippen LogP contribution in [0.5, 0.6) is 0 Å². The molecule has 1 aliphatic rings. The van der Waals surface area contributed by atoms with Crippen molar-refractivity contribution < 1.29 is 9.21 Å². The van der Waals surface area contributed by atoms with E-state index >= 15 is 0 Å². The van der Waals surface area contributed by atoms with Crippen LogP contribution in [0.25, 0.3) is 21.3 Å². The van der Waals surface area contributed by atoms with E-state index in [0.717, 1.165) is 35.4 Å². The van der Waals surface area contributed by atoms with Gasteiger partial charge in [0, 0.05) is 32.0 Å². The van der Waals surface area contributed by atoms with Gasteiger partial charge in [-0.2, -0.15) is 0 Å². The molecule has 1 aliphatic heterocycles. The van der Waals surface area contributed by atoms with E-state index in [1.807, 2.05) is 41.3 Å². The van der Waals surface area contributed by atoms with Crippen molar-refractivity contribution in [3.8, 4) is 0 Å².